The summed E-state index contributed by atoms with van der Waals surface area (Å²) < 4.78 is 10.3. The van der Waals surface area contributed by atoms with Crippen LogP contribution in [-0.4, -0.2) is 28.3 Å². The van der Waals surface area contributed by atoms with Crippen molar-refractivity contribution in [2.45, 2.75) is 52.6 Å². The monoisotopic (exact) mass is 320 g/mol. The highest BCUT2D eigenvalue weighted by Gasteiger charge is 2.13. The van der Waals surface area contributed by atoms with Crippen LogP contribution in [0.15, 0.2) is 20.1 Å². The molecule has 0 saturated heterocycles. The minimum Gasteiger partial charge on any atom is -0.359 e. The first-order valence-electron chi connectivity index (χ1n) is 7.85. The van der Waals surface area contributed by atoms with Gasteiger partial charge in [-0.05, 0) is 12.8 Å². The summed E-state index contributed by atoms with van der Waals surface area (Å²) in [4.78, 5) is 8.27. The quantitative estimate of drug-likeness (QED) is 0.595. The molecule has 0 radical (unpaired) electrons. The van der Waals surface area contributed by atoms with Crippen molar-refractivity contribution < 1.29 is 9.05 Å². The molecule has 0 bridgehead atoms. The molecule has 0 saturated carbocycles. The molecule has 0 atom stereocenters. The maximum atomic E-state index is 5.38. The summed E-state index contributed by atoms with van der Waals surface area (Å²) >= 11 is 0. The molecule has 0 aliphatic heterocycles. The van der Waals surface area contributed by atoms with Gasteiger partial charge in [0.15, 0.2) is 17.5 Å². The highest BCUT2D eigenvalue weighted by atomic mass is 16.5. The van der Waals surface area contributed by atoms with E-state index in [-0.39, 0.29) is 0 Å². The molecule has 2 aromatic rings. The van der Waals surface area contributed by atoms with Crippen LogP contribution in [0.2, 0.25) is 0 Å². The second-order valence-electron chi connectivity index (χ2n) is 5.24. The maximum absolute atomic E-state index is 5.38. The fourth-order valence-corrected chi connectivity index (χ4v) is 2.28. The van der Waals surface area contributed by atoms with Gasteiger partial charge in [0.2, 0.25) is 5.89 Å². The standard InChI is InChI=1S/C15H24N6O2/c1-5-11(6-2)13-7-12(23-20-13)8-17-15(16-4)18-9-14-19-10(3)22-21-14/h7,11H,5-6,8-9H2,1-4H3,(H2,16,17,18). The molecule has 2 heterocycles. The number of aryl methyl sites for hydroxylation is 1. The Balaban J connectivity index is 1.83. The van der Waals surface area contributed by atoms with E-state index in [0.717, 1.165) is 24.3 Å². The van der Waals surface area contributed by atoms with Crippen molar-refractivity contribution >= 4 is 5.96 Å². The van der Waals surface area contributed by atoms with Gasteiger partial charge in [-0.2, -0.15) is 4.98 Å². The number of hydrogen-bond acceptors (Lipinski definition) is 6. The summed E-state index contributed by atoms with van der Waals surface area (Å²) in [6.07, 6.45) is 2.12. The van der Waals surface area contributed by atoms with Crippen molar-refractivity contribution in [2.75, 3.05) is 7.05 Å². The third-order valence-electron chi connectivity index (χ3n) is 3.62. The summed E-state index contributed by atoms with van der Waals surface area (Å²) in [5.74, 6) is 2.99. The first-order valence-corrected chi connectivity index (χ1v) is 7.85. The van der Waals surface area contributed by atoms with Crippen LogP contribution in [0, 0.1) is 6.92 Å². The number of nitrogens with one attached hydrogen (secondary N) is 2. The summed E-state index contributed by atoms with van der Waals surface area (Å²) in [5.41, 5.74) is 1.01. The van der Waals surface area contributed by atoms with E-state index in [2.05, 4.69) is 44.8 Å². The molecule has 23 heavy (non-hydrogen) atoms. The van der Waals surface area contributed by atoms with Crippen LogP contribution in [0.5, 0.6) is 0 Å². The summed E-state index contributed by atoms with van der Waals surface area (Å²) in [6.45, 7) is 7.02. The predicted octanol–water partition coefficient (Wildman–Crippen LogP) is 2.13. The van der Waals surface area contributed by atoms with E-state index in [9.17, 15) is 0 Å². The number of aromatic nitrogens is 3. The molecule has 0 aliphatic rings. The van der Waals surface area contributed by atoms with E-state index in [4.69, 9.17) is 9.05 Å². The van der Waals surface area contributed by atoms with Crippen molar-refractivity contribution in [2.24, 2.45) is 4.99 Å². The van der Waals surface area contributed by atoms with E-state index >= 15 is 0 Å². The second kappa shape index (κ2) is 8.30. The molecule has 0 aliphatic carbocycles. The Bertz CT molecular complexity index is 629. The van der Waals surface area contributed by atoms with Crippen molar-refractivity contribution in [3.05, 3.63) is 29.2 Å². The lowest BCUT2D eigenvalue weighted by molar-refractivity contribution is 0.368. The van der Waals surface area contributed by atoms with Gasteiger partial charge in [-0.25, -0.2) is 0 Å². The third-order valence-corrected chi connectivity index (χ3v) is 3.62. The minimum atomic E-state index is 0.437. The van der Waals surface area contributed by atoms with E-state index in [1.165, 1.54) is 0 Å². The van der Waals surface area contributed by atoms with Crippen LogP contribution >= 0.6 is 0 Å². The molecule has 2 N–H and O–H groups in total. The Labute approximate surface area is 135 Å². The van der Waals surface area contributed by atoms with E-state index < -0.39 is 0 Å². The zero-order chi connectivity index (χ0) is 16.7. The van der Waals surface area contributed by atoms with Crippen LogP contribution in [0.1, 0.15) is 55.8 Å². The fraction of sp³-hybridized carbons (Fsp3) is 0.600. The van der Waals surface area contributed by atoms with Gasteiger partial charge in [0.25, 0.3) is 0 Å². The Kier molecular flexibility index (Phi) is 6.13. The third kappa shape index (κ3) is 4.80. The van der Waals surface area contributed by atoms with Gasteiger partial charge in [-0.3, -0.25) is 4.99 Å². The smallest absolute Gasteiger partial charge is 0.223 e. The minimum absolute atomic E-state index is 0.437. The van der Waals surface area contributed by atoms with Gasteiger partial charge in [-0.15, -0.1) is 0 Å². The molecule has 2 aromatic heterocycles. The Morgan fingerprint density at radius 3 is 2.52 bits per heavy atom. The largest absolute Gasteiger partial charge is 0.359 e. The lowest BCUT2D eigenvalue weighted by atomic mass is 9.99. The van der Waals surface area contributed by atoms with Crippen molar-refractivity contribution in [1.82, 2.24) is 25.9 Å². The molecule has 0 amide bonds. The molecule has 8 nitrogen and oxygen atoms in total. The van der Waals surface area contributed by atoms with Crippen LogP contribution < -0.4 is 10.6 Å². The zero-order valence-corrected chi connectivity index (χ0v) is 14.1. The molecule has 0 fully saturated rings. The number of aliphatic imine (C=N–C) groups is 1. The molecular weight excluding hydrogens is 296 g/mol. The maximum Gasteiger partial charge on any atom is 0.223 e. The summed E-state index contributed by atoms with van der Waals surface area (Å²) in [7, 11) is 1.70. The zero-order valence-electron chi connectivity index (χ0n) is 14.1. The Morgan fingerprint density at radius 2 is 1.91 bits per heavy atom. The number of rotatable bonds is 7. The van der Waals surface area contributed by atoms with E-state index in [1.54, 1.807) is 14.0 Å². The molecule has 0 unspecified atom stereocenters. The lowest BCUT2D eigenvalue weighted by Gasteiger charge is -2.08. The van der Waals surface area contributed by atoms with Gasteiger partial charge < -0.3 is 19.7 Å². The summed E-state index contributed by atoms with van der Waals surface area (Å²) in [5, 5.41) is 14.3. The van der Waals surface area contributed by atoms with Crippen molar-refractivity contribution in [1.29, 1.82) is 0 Å². The van der Waals surface area contributed by atoms with Crippen molar-refractivity contribution in [3.63, 3.8) is 0 Å². The van der Waals surface area contributed by atoms with E-state index in [0.29, 0.717) is 36.7 Å². The normalized spacial score (nSPS) is 12.0. The molecule has 0 spiro atoms. The first kappa shape index (κ1) is 17.0. The number of nitrogens with zero attached hydrogens (tertiary/aromatic N) is 4. The topological polar surface area (TPSA) is 101 Å². The highest BCUT2D eigenvalue weighted by Crippen LogP contribution is 2.22. The second-order valence-corrected chi connectivity index (χ2v) is 5.24. The first-order chi connectivity index (χ1) is 11.2. The average molecular weight is 320 g/mol. The lowest BCUT2D eigenvalue weighted by Crippen LogP contribution is -2.36. The van der Waals surface area contributed by atoms with Crippen LogP contribution in [0.4, 0.5) is 0 Å². The van der Waals surface area contributed by atoms with Crippen LogP contribution in [-0.2, 0) is 13.1 Å². The molecular formula is C15H24N6O2. The number of guanidine groups is 1. The fourth-order valence-electron chi connectivity index (χ4n) is 2.28. The van der Waals surface area contributed by atoms with Gasteiger partial charge in [0.05, 0.1) is 18.8 Å². The van der Waals surface area contributed by atoms with Gasteiger partial charge in [0.1, 0.15) is 0 Å². The predicted molar refractivity (Wildman–Crippen MR) is 85.9 cm³/mol. The van der Waals surface area contributed by atoms with Gasteiger partial charge >= 0.3 is 0 Å². The van der Waals surface area contributed by atoms with Crippen molar-refractivity contribution in [3.8, 4) is 0 Å². The Hall–Kier alpha value is -2.38. The van der Waals surface area contributed by atoms with E-state index in [1.807, 2.05) is 6.07 Å². The molecule has 8 heteroatoms. The number of hydrogen-bond donors (Lipinski definition) is 2. The molecule has 126 valence electrons. The SMILES string of the molecule is CCC(CC)c1cc(CNC(=NC)NCc2noc(C)n2)on1. The Morgan fingerprint density at radius 1 is 1.17 bits per heavy atom. The van der Waals surface area contributed by atoms with Gasteiger partial charge in [-0.1, -0.05) is 24.2 Å². The highest BCUT2D eigenvalue weighted by molar-refractivity contribution is 5.79. The molecule has 2 rings (SSSR count). The average Bonchev–Trinajstić information content (AvgIpc) is 3.18. The van der Waals surface area contributed by atoms with Crippen LogP contribution in [0.25, 0.3) is 0 Å². The van der Waals surface area contributed by atoms with Crippen LogP contribution in [0.3, 0.4) is 0 Å². The van der Waals surface area contributed by atoms with Gasteiger partial charge in [0, 0.05) is 26.0 Å². The molecule has 0 aromatic carbocycles. The summed E-state index contributed by atoms with van der Waals surface area (Å²) in [6, 6.07) is 2.00.